The number of hydrogen-bond donors (Lipinski definition) is 1. The molecule has 7 nitrogen and oxygen atoms in total. The number of aromatic nitrogens is 5. The molecule has 5 rings (SSSR count). The van der Waals surface area contributed by atoms with Gasteiger partial charge in [0.15, 0.2) is 11.3 Å². The summed E-state index contributed by atoms with van der Waals surface area (Å²) in [6.07, 6.45) is 9.56. The summed E-state index contributed by atoms with van der Waals surface area (Å²) in [5.41, 5.74) is 4.61. The van der Waals surface area contributed by atoms with E-state index in [4.69, 9.17) is 5.26 Å². The summed E-state index contributed by atoms with van der Waals surface area (Å²) in [7, 11) is 0. The Bertz CT molecular complexity index is 1120. The van der Waals surface area contributed by atoms with Gasteiger partial charge in [0.25, 0.3) is 0 Å². The quantitative estimate of drug-likeness (QED) is 0.605. The lowest BCUT2D eigenvalue weighted by Crippen LogP contribution is -2.35. The number of nitrogens with zero attached hydrogens (tertiary/aromatic N) is 6. The highest BCUT2D eigenvalue weighted by molar-refractivity contribution is 5.74. The molecule has 0 bridgehead atoms. The predicted octanol–water partition coefficient (Wildman–Crippen LogP) is 2.86. The number of nitriles is 1. The monoisotopic (exact) mass is 343 g/mol. The van der Waals surface area contributed by atoms with E-state index < -0.39 is 0 Å². The molecule has 1 aliphatic heterocycles. The van der Waals surface area contributed by atoms with Gasteiger partial charge in [-0.2, -0.15) is 5.26 Å². The van der Waals surface area contributed by atoms with Crippen LogP contribution >= 0.6 is 0 Å². The number of imidazole rings is 1. The molecule has 0 radical (unpaired) electrons. The molecule has 1 saturated heterocycles. The molecule has 4 aromatic rings. The third-order valence-electron chi connectivity index (χ3n) is 5.11. The summed E-state index contributed by atoms with van der Waals surface area (Å²) in [6, 6.07) is 7.93. The standard InChI is InChI=1S/C19H17N7/c20-8-13-3-4-17(22-9-13)25-7-1-2-14(12-25)16-10-23-18-11-24-19-15(26(16)18)5-6-21-19/h3-6,9-11,14,21H,1-2,7,12H2. The van der Waals surface area contributed by atoms with Crippen molar-refractivity contribution in [2.45, 2.75) is 18.8 Å². The van der Waals surface area contributed by atoms with Gasteiger partial charge in [-0.1, -0.05) is 0 Å². The number of piperidine rings is 1. The smallest absolute Gasteiger partial charge is 0.156 e. The summed E-state index contributed by atoms with van der Waals surface area (Å²) < 4.78 is 2.21. The zero-order valence-corrected chi connectivity index (χ0v) is 14.1. The summed E-state index contributed by atoms with van der Waals surface area (Å²) >= 11 is 0. The molecule has 1 unspecified atom stereocenters. The Balaban J connectivity index is 1.51. The van der Waals surface area contributed by atoms with E-state index in [0.717, 1.165) is 48.6 Å². The number of rotatable bonds is 2. The molecular weight excluding hydrogens is 326 g/mol. The highest BCUT2D eigenvalue weighted by atomic mass is 15.2. The lowest BCUT2D eigenvalue weighted by molar-refractivity contribution is 0.497. The molecule has 0 saturated carbocycles. The van der Waals surface area contributed by atoms with Gasteiger partial charge >= 0.3 is 0 Å². The number of H-pyrrole nitrogens is 1. The van der Waals surface area contributed by atoms with Crippen molar-refractivity contribution in [1.82, 2.24) is 24.3 Å². The fourth-order valence-electron chi connectivity index (χ4n) is 3.85. The van der Waals surface area contributed by atoms with Crippen molar-refractivity contribution in [3.8, 4) is 6.07 Å². The Morgan fingerprint density at radius 3 is 2.92 bits per heavy atom. The van der Waals surface area contributed by atoms with Gasteiger partial charge in [-0.3, -0.25) is 4.40 Å². The molecular formula is C19H17N7. The average Bonchev–Trinajstić information content (AvgIpc) is 3.34. The van der Waals surface area contributed by atoms with E-state index in [9.17, 15) is 0 Å². The normalized spacial score (nSPS) is 17.7. The van der Waals surface area contributed by atoms with Crippen molar-refractivity contribution in [1.29, 1.82) is 5.26 Å². The van der Waals surface area contributed by atoms with E-state index in [0.29, 0.717) is 11.5 Å². The molecule has 0 spiro atoms. The van der Waals surface area contributed by atoms with E-state index in [-0.39, 0.29) is 0 Å². The minimum atomic E-state index is 0.372. The van der Waals surface area contributed by atoms with Crippen molar-refractivity contribution in [2.24, 2.45) is 0 Å². The molecule has 0 aromatic carbocycles. The number of aromatic amines is 1. The van der Waals surface area contributed by atoms with E-state index in [1.807, 2.05) is 36.8 Å². The summed E-state index contributed by atoms with van der Waals surface area (Å²) in [5, 5.41) is 8.95. The van der Waals surface area contributed by atoms with Crippen LogP contribution in [0.3, 0.4) is 0 Å². The first-order valence-corrected chi connectivity index (χ1v) is 8.74. The molecule has 5 heterocycles. The zero-order chi connectivity index (χ0) is 17.5. The highest BCUT2D eigenvalue weighted by Gasteiger charge is 2.25. The van der Waals surface area contributed by atoms with Crippen molar-refractivity contribution >= 4 is 22.6 Å². The van der Waals surface area contributed by atoms with E-state index in [1.165, 1.54) is 5.69 Å². The first-order valence-electron chi connectivity index (χ1n) is 8.74. The number of pyridine rings is 1. The average molecular weight is 343 g/mol. The van der Waals surface area contributed by atoms with Gasteiger partial charge in [0.1, 0.15) is 11.9 Å². The first-order chi connectivity index (χ1) is 12.8. The zero-order valence-electron chi connectivity index (χ0n) is 14.1. The molecule has 4 aromatic heterocycles. The molecule has 0 aliphatic carbocycles. The largest absolute Gasteiger partial charge is 0.356 e. The van der Waals surface area contributed by atoms with Gasteiger partial charge in [0.2, 0.25) is 0 Å². The second-order valence-corrected chi connectivity index (χ2v) is 6.65. The van der Waals surface area contributed by atoms with Crippen LogP contribution in [-0.2, 0) is 0 Å². The predicted molar refractivity (Wildman–Crippen MR) is 98.0 cm³/mol. The number of nitrogens with one attached hydrogen (secondary N) is 1. The highest BCUT2D eigenvalue weighted by Crippen LogP contribution is 2.31. The third kappa shape index (κ3) is 2.30. The van der Waals surface area contributed by atoms with Gasteiger partial charge in [-0.25, -0.2) is 15.0 Å². The maximum absolute atomic E-state index is 8.95. The lowest BCUT2D eigenvalue weighted by atomic mass is 9.95. The second-order valence-electron chi connectivity index (χ2n) is 6.65. The van der Waals surface area contributed by atoms with Crippen molar-refractivity contribution in [3.05, 3.63) is 54.2 Å². The Morgan fingerprint density at radius 2 is 2.08 bits per heavy atom. The first kappa shape index (κ1) is 14.9. The van der Waals surface area contributed by atoms with Gasteiger partial charge in [-0.05, 0) is 31.0 Å². The van der Waals surface area contributed by atoms with Crippen LogP contribution < -0.4 is 4.90 Å². The molecule has 1 N–H and O–H groups in total. The minimum Gasteiger partial charge on any atom is -0.356 e. The summed E-state index contributed by atoms with van der Waals surface area (Å²) in [6.45, 7) is 1.87. The van der Waals surface area contributed by atoms with Crippen LogP contribution in [0.2, 0.25) is 0 Å². The molecule has 128 valence electrons. The summed E-state index contributed by atoms with van der Waals surface area (Å²) in [5.74, 6) is 1.30. The Morgan fingerprint density at radius 1 is 1.12 bits per heavy atom. The molecule has 26 heavy (non-hydrogen) atoms. The van der Waals surface area contributed by atoms with Gasteiger partial charge in [0, 0.05) is 43.3 Å². The van der Waals surface area contributed by atoms with Crippen LogP contribution in [0.5, 0.6) is 0 Å². The van der Waals surface area contributed by atoms with Gasteiger partial charge in [0.05, 0.1) is 17.3 Å². The SMILES string of the molecule is N#Cc1ccc(N2CCCC(c3cnc4cnc5[nH]ccc5n34)C2)nc1. The molecule has 7 heteroatoms. The van der Waals surface area contributed by atoms with E-state index >= 15 is 0 Å². The topological polar surface area (TPSA) is 85.9 Å². The van der Waals surface area contributed by atoms with Crippen molar-refractivity contribution < 1.29 is 0 Å². The van der Waals surface area contributed by atoms with Crippen LogP contribution in [0, 0.1) is 11.3 Å². The fourth-order valence-corrected chi connectivity index (χ4v) is 3.85. The molecule has 1 atom stereocenters. The minimum absolute atomic E-state index is 0.372. The molecule has 1 fully saturated rings. The number of fused-ring (bicyclic) bond motifs is 3. The maximum Gasteiger partial charge on any atom is 0.156 e. The third-order valence-corrected chi connectivity index (χ3v) is 5.11. The Labute approximate surface area is 149 Å². The van der Waals surface area contributed by atoms with Crippen LogP contribution in [0.25, 0.3) is 16.8 Å². The van der Waals surface area contributed by atoms with Crippen molar-refractivity contribution in [3.63, 3.8) is 0 Å². The fraction of sp³-hybridized carbons (Fsp3) is 0.263. The molecule has 1 aliphatic rings. The van der Waals surface area contributed by atoms with Crippen LogP contribution in [0.15, 0.2) is 43.0 Å². The van der Waals surface area contributed by atoms with Gasteiger partial charge < -0.3 is 9.88 Å². The Hall–Kier alpha value is -3.40. The lowest BCUT2D eigenvalue weighted by Gasteiger charge is -2.33. The number of anilines is 1. The summed E-state index contributed by atoms with van der Waals surface area (Å²) in [4.78, 5) is 18.9. The Kier molecular flexibility index (Phi) is 3.35. The molecule has 0 amide bonds. The van der Waals surface area contributed by atoms with E-state index in [1.54, 1.807) is 6.20 Å². The van der Waals surface area contributed by atoms with E-state index in [2.05, 4.69) is 35.3 Å². The maximum atomic E-state index is 8.95. The second kappa shape index (κ2) is 5.85. The van der Waals surface area contributed by atoms with Crippen molar-refractivity contribution in [2.75, 3.05) is 18.0 Å². The van der Waals surface area contributed by atoms with Crippen LogP contribution in [0.1, 0.15) is 30.0 Å². The van der Waals surface area contributed by atoms with Crippen LogP contribution in [0.4, 0.5) is 5.82 Å². The van der Waals surface area contributed by atoms with Crippen LogP contribution in [-0.4, -0.2) is 37.4 Å². The van der Waals surface area contributed by atoms with Gasteiger partial charge in [-0.15, -0.1) is 0 Å². The number of hydrogen-bond acceptors (Lipinski definition) is 5.